The molecule has 2 aliphatic heterocycles. The molecule has 0 unspecified atom stereocenters. The number of nitrogens with one attached hydrogen (secondary N) is 1. The summed E-state index contributed by atoms with van der Waals surface area (Å²) in [7, 11) is 2.08. The molecule has 1 aromatic rings. The Morgan fingerprint density at radius 3 is 2.37 bits per heavy atom. The number of anilines is 1. The number of halogens is 4. The fourth-order valence-electron chi connectivity index (χ4n) is 3.64. The van der Waals surface area contributed by atoms with Crippen molar-refractivity contribution in [3.8, 4) is 0 Å². The lowest BCUT2D eigenvalue weighted by Crippen LogP contribution is -2.47. The first-order valence-corrected chi connectivity index (χ1v) is 9.58. The summed E-state index contributed by atoms with van der Waals surface area (Å²) in [5.41, 5.74) is -0.858. The minimum Gasteiger partial charge on any atom is -0.355 e. The van der Waals surface area contributed by atoms with Crippen LogP contribution in [0.25, 0.3) is 0 Å². The molecule has 2 fully saturated rings. The molecule has 1 aromatic heterocycles. The second-order valence-electron chi connectivity index (χ2n) is 7.37. The van der Waals surface area contributed by atoms with Crippen LogP contribution in [0.4, 0.5) is 19.0 Å². The molecule has 2 saturated heterocycles. The minimum atomic E-state index is -4.46. The summed E-state index contributed by atoms with van der Waals surface area (Å²) in [6.45, 7) is 3.07. The summed E-state index contributed by atoms with van der Waals surface area (Å²) < 4.78 is 38.2. The third-order valence-electron chi connectivity index (χ3n) is 5.38. The zero-order valence-electron chi connectivity index (χ0n) is 15.2. The van der Waals surface area contributed by atoms with Crippen molar-refractivity contribution < 1.29 is 18.0 Å². The Morgan fingerprint density at radius 2 is 1.81 bits per heavy atom. The molecule has 3 rings (SSSR count). The minimum absolute atomic E-state index is 0.0148. The van der Waals surface area contributed by atoms with Gasteiger partial charge in [-0.25, -0.2) is 4.98 Å². The fraction of sp³-hybridized carbons (Fsp3) is 0.667. The number of hydrogen-bond donors (Lipinski definition) is 1. The van der Waals surface area contributed by atoms with Gasteiger partial charge in [0.25, 0.3) is 0 Å². The number of piperidine rings is 2. The first kappa shape index (κ1) is 20.2. The number of pyridine rings is 1. The third kappa shape index (κ3) is 5.04. The summed E-state index contributed by atoms with van der Waals surface area (Å²) in [6, 6.07) is 1.14. The average Bonchev–Trinajstić information content (AvgIpc) is 2.63. The normalized spacial score (nSPS) is 20.7. The van der Waals surface area contributed by atoms with Crippen LogP contribution in [-0.2, 0) is 11.0 Å². The zero-order chi connectivity index (χ0) is 19.6. The van der Waals surface area contributed by atoms with E-state index < -0.39 is 11.7 Å². The molecule has 0 aromatic carbocycles. The molecule has 0 spiro atoms. The lowest BCUT2D eigenvalue weighted by molar-refractivity contribution is -0.137. The summed E-state index contributed by atoms with van der Waals surface area (Å²) in [4.78, 5) is 20.5. The summed E-state index contributed by atoms with van der Waals surface area (Å²) in [5, 5.41) is 3.13. The molecule has 1 amide bonds. The van der Waals surface area contributed by atoms with E-state index in [0.29, 0.717) is 31.7 Å². The van der Waals surface area contributed by atoms with E-state index in [9.17, 15) is 18.0 Å². The van der Waals surface area contributed by atoms with Crippen LogP contribution in [0.3, 0.4) is 0 Å². The lowest BCUT2D eigenvalue weighted by Gasteiger charge is -2.34. The number of hydrogen-bond acceptors (Lipinski definition) is 4. The van der Waals surface area contributed by atoms with E-state index in [-0.39, 0.29) is 22.9 Å². The van der Waals surface area contributed by atoms with Crippen LogP contribution in [0, 0.1) is 5.92 Å². The van der Waals surface area contributed by atoms with Crippen molar-refractivity contribution in [3.05, 3.63) is 22.8 Å². The van der Waals surface area contributed by atoms with Gasteiger partial charge < -0.3 is 15.1 Å². The highest BCUT2D eigenvalue weighted by Gasteiger charge is 2.33. The molecule has 0 atom stereocenters. The van der Waals surface area contributed by atoms with Crippen molar-refractivity contribution in [2.45, 2.75) is 37.9 Å². The molecule has 0 radical (unpaired) electrons. The van der Waals surface area contributed by atoms with Crippen molar-refractivity contribution >= 4 is 23.3 Å². The predicted octanol–water partition coefficient (Wildman–Crippen LogP) is 3.18. The van der Waals surface area contributed by atoms with Gasteiger partial charge in [0.1, 0.15) is 5.82 Å². The maximum atomic E-state index is 12.7. The Bertz CT molecular complexity index is 669. The molecule has 27 heavy (non-hydrogen) atoms. The Balaban J connectivity index is 1.53. The van der Waals surface area contributed by atoms with Crippen LogP contribution in [0.15, 0.2) is 12.3 Å². The van der Waals surface area contributed by atoms with Crippen LogP contribution in [-0.4, -0.2) is 55.1 Å². The lowest BCUT2D eigenvalue weighted by atomic mass is 9.94. The van der Waals surface area contributed by atoms with Crippen LogP contribution < -0.4 is 10.2 Å². The van der Waals surface area contributed by atoms with E-state index >= 15 is 0 Å². The van der Waals surface area contributed by atoms with Gasteiger partial charge >= 0.3 is 6.18 Å². The molecular formula is C18H24ClF3N4O. The number of carbonyl (C=O) groups is 1. The molecule has 150 valence electrons. The smallest absolute Gasteiger partial charge is 0.355 e. The van der Waals surface area contributed by atoms with Gasteiger partial charge in [-0.1, -0.05) is 11.6 Å². The van der Waals surface area contributed by atoms with Gasteiger partial charge in [-0.2, -0.15) is 13.2 Å². The van der Waals surface area contributed by atoms with Crippen LogP contribution >= 0.6 is 11.6 Å². The van der Waals surface area contributed by atoms with Gasteiger partial charge in [-0.05, 0) is 51.9 Å². The predicted molar refractivity (Wildman–Crippen MR) is 97.8 cm³/mol. The van der Waals surface area contributed by atoms with Gasteiger partial charge in [0.15, 0.2) is 0 Å². The van der Waals surface area contributed by atoms with Crippen molar-refractivity contribution in [3.63, 3.8) is 0 Å². The van der Waals surface area contributed by atoms with E-state index in [1.165, 1.54) is 0 Å². The van der Waals surface area contributed by atoms with Crippen molar-refractivity contribution in [2.24, 2.45) is 5.92 Å². The molecule has 9 heteroatoms. The summed E-state index contributed by atoms with van der Waals surface area (Å²) in [6.07, 6.45) is -0.457. The Kier molecular flexibility index (Phi) is 6.15. The Labute approximate surface area is 161 Å². The Hall–Kier alpha value is -1.54. The third-order valence-corrected chi connectivity index (χ3v) is 5.66. The van der Waals surface area contributed by atoms with Gasteiger partial charge in [-0.15, -0.1) is 0 Å². The molecule has 1 N–H and O–H groups in total. The van der Waals surface area contributed by atoms with Gasteiger partial charge in [-0.3, -0.25) is 4.79 Å². The van der Waals surface area contributed by atoms with Crippen LogP contribution in [0.1, 0.15) is 31.2 Å². The topological polar surface area (TPSA) is 48.5 Å². The molecule has 3 heterocycles. The summed E-state index contributed by atoms with van der Waals surface area (Å²) >= 11 is 6.02. The zero-order valence-corrected chi connectivity index (χ0v) is 16.0. The second-order valence-corrected chi connectivity index (χ2v) is 7.78. The number of aromatic nitrogens is 1. The first-order valence-electron chi connectivity index (χ1n) is 9.20. The van der Waals surface area contributed by atoms with E-state index in [4.69, 9.17) is 11.6 Å². The monoisotopic (exact) mass is 404 g/mol. The number of carbonyl (C=O) groups excluding carboxylic acids is 1. The number of likely N-dealkylation sites (tertiary alicyclic amines) is 1. The SMILES string of the molecule is CN1CCC(NC(=O)C2CCN(c3ncc(C(F)(F)F)cc3Cl)CC2)CC1. The highest BCUT2D eigenvalue weighted by molar-refractivity contribution is 6.33. The Morgan fingerprint density at radius 1 is 1.19 bits per heavy atom. The van der Waals surface area contributed by atoms with Crippen LogP contribution in [0.2, 0.25) is 5.02 Å². The van der Waals surface area contributed by atoms with Crippen molar-refractivity contribution in [1.82, 2.24) is 15.2 Å². The highest BCUT2D eigenvalue weighted by Crippen LogP contribution is 2.34. The largest absolute Gasteiger partial charge is 0.417 e. The molecule has 5 nitrogen and oxygen atoms in total. The van der Waals surface area contributed by atoms with Gasteiger partial charge in [0.05, 0.1) is 10.6 Å². The molecule has 0 bridgehead atoms. The number of amides is 1. The summed E-state index contributed by atoms with van der Waals surface area (Å²) in [5.74, 6) is 0.351. The van der Waals surface area contributed by atoms with E-state index in [0.717, 1.165) is 38.2 Å². The molecular weight excluding hydrogens is 381 g/mol. The molecule has 0 aliphatic carbocycles. The first-order chi connectivity index (χ1) is 12.7. The standard InChI is InChI=1S/C18H24ClF3N4O/c1-25-6-4-14(5-7-25)24-17(27)12-2-8-26(9-3-12)16-15(19)10-13(11-23-16)18(20,21)22/h10-12,14H,2-9H2,1H3,(H,24,27). The number of rotatable bonds is 3. The highest BCUT2D eigenvalue weighted by atomic mass is 35.5. The quantitative estimate of drug-likeness (QED) is 0.840. The average molecular weight is 405 g/mol. The van der Waals surface area contributed by atoms with E-state index in [1.807, 2.05) is 4.90 Å². The van der Waals surface area contributed by atoms with Crippen molar-refractivity contribution in [2.75, 3.05) is 38.1 Å². The van der Waals surface area contributed by atoms with E-state index in [2.05, 4.69) is 22.2 Å². The maximum Gasteiger partial charge on any atom is 0.417 e. The number of alkyl halides is 3. The van der Waals surface area contributed by atoms with Crippen molar-refractivity contribution in [1.29, 1.82) is 0 Å². The van der Waals surface area contributed by atoms with Gasteiger partial charge in [0, 0.05) is 31.2 Å². The van der Waals surface area contributed by atoms with Gasteiger partial charge in [0.2, 0.25) is 5.91 Å². The fourth-order valence-corrected chi connectivity index (χ4v) is 3.93. The second kappa shape index (κ2) is 8.22. The molecule has 2 aliphatic rings. The molecule has 0 saturated carbocycles. The van der Waals surface area contributed by atoms with Crippen LogP contribution in [0.5, 0.6) is 0 Å². The number of nitrogens with zero attached hydrogens (tertiary/aromatic N) is 3. The maximum absolute atomic E-state index is 12.7. The van der Waals surface area contributed by atoms with E-state index in [1.54, 1.807) is 0 Å².